The summed E-state index contributed by atoms with van der Waals surface area (Å²) in [6, 6.07) is 18.3. The summed E-state index contributed by atoms with van der Waals surface area (Å²) >= 11 is 0. The molecule has 3 aromatic heterocycles. The van der Waals surface area contributed by atoms with Crippen molar-refractivity contribution in [2.24, 2.45) is 0 Å². The minimum absolute atomic E-state index is 0.0858. The lowest BCUT2D eigenvalue weighted by atomic mass is 9.98. The predicted molar refractivity (Wildman–Crippen MR) is 158 cm³/mol. The molecule has 7 heteroatoms. The molecule has 1 aliphatic heterocycles. The highest BCUT2D eigenvalue weighted by Crippen LogP contribution is 2.24. The summed E-state index contributed by atoms with van der Waals surface area (Å²) in [4.78, 5) is 17.7. The van der Waals surface area contributed by atoms with Gasteiger partial charge >= 0.3 is 0 Å². The van der Waals surface area contributed by atoms with Gasteiger partial charge in [0.25, 0.3) is 0 Å². The van der Waals surface area contributed by atoms with Crippen LogP contribution in [0.1, 0.15) is 57.2 Å². The molecule has 0 saturated carbocycles. The van der Waals surface area contributed by atoms with Crippen LogP contribution in [0.15, 0.2) is 79.4 Å². The first-order valence-electron chi connectivity index (χ1n) is 13.7. The van der Waals surface area contributed by atoms with Gasteiger partial charge in [0.05, 0.1) is 29.8 Å². The maximum Gasteiger partial charge on any atom is 0.167 e. The highest BCUT2D eigenvalue weighted by Gasteiger charge is 2.16. The molecule has 0 spiro atoms. The van der Waals surface area contributed by atoms with Crippen LogP contribution in [0.2, 0.25) is 0 Å². The summed E-state index contributed by atoms with van der Waals surface area (Å²) in [6.45, 7) is 6.10. The molecule has 0 bridgehead atoms. The topological polar surface area (TPSA) is 76.2 Å². The minimum Gasteiger partial charge on any atom is -0.350 e. The second kappa shape index (κ2) is 11.2. The van der Waals surface area contributed by atoms with Crippen LogP contribution in [0.25, 0.3) is 5.65 Å². The molecule has 2 N–H and O–H groups in total. The molecule has 7 nitrogen and oxygen atoms in total. The number of nitrogens with one attached hydrogen (secondary N) is 2. The third-order valence-electron chi connectivity index (χ3n) is 7.43. The summed E-state index contributed by atoms with van der Waals surface area (Å²) < 4.78 is 4.04. The third kappa shape index (κ3) is 5.54. The zero-order chi connectivity index (χ0) is 27.5. The Morgan fingerprint density at radius 1 is 1.05 bits per heavy atom. The average Bonchev–Trinajstić information content (AvgIpc) is 3.61. The normalized spacial score (nSPS) is 13.7. The lowest BCUT2D eigenvalue weighted by Gasteiger charge is -2.22. The first-order valence-corrected chi connectivity index (χ1v) is 13.7. The maximum absolute atomic E-state index is 13.0. The number of nitrogens with zero attached hydrogens (tertiary/aromatic N) is 4. The van der Waals surface area contributed by atoms with Crippen molar-refractivity contribution in [2.75, 3.05) is 18.4 Å². The molecule has 40 heavy (non-hydrogen) atoms. The van der Waals surface area contributed by atoms with E-state index in [0.717, 1.165) is 70.9 Å². The monoisotopic (exact) mass is 528 g/mol. The maximum atomic E-state index is 13.0. The number of hydrogen-bond acceptors (Lipinski definition) is 5. The summed E-state index contributed by atoms with van der Waals surface area (Å²) in [5.74, 6) is 6.64. The number of imidazole rings is 1. The predicted octanol–water partition coefficient (Wildman–Crippen LogP) is 5.64. The van der Waals surface area contributed by atoms with Crippen LogP contribution in [-0.2, 0) is 6.42 Å². The fraction of sp³-hybridized carbons (Fsp3) is 0.242. The number of pyridine rings is 1. The molecule has 0 atom stereocenters. The molecular weight excluding hydrogens is 496 g/mol. The van der Waals surface area contributed by atoms with Gasteiger partial charge in [-0.05, 0) is 75.0 Å². The second-order valence-corrected chi connectivity index (χ2v) is 10.4. The van der Waals surface area contributed by atoms with Gasteiger partial charge in [-0.1, -0.05) is 47.9 Å². The van der Waals surface area contributed by atoms with E-state index in [-0.39, 0.29) is 5.78 Å². The van der Waals surface area contributed by atoms with Gasteiger partial charge in [0.15, 0.2) is 11.4 Å². The van der Waals surface area contributed by atoms with Crippen LogP contribution < -0.4 is 10.6 Å². The SMILES string of the molecule is Cc1cccc(CC(=O)c2ccc(C)c(C#Cc3cnc4c(Nc5cnn(C6CCNCC6)c5)cccn34)c2)c1. The van der Waals surface area contributed by atoms with E-state index in [1.54, 1.807) is 6.20 Å². The number of aromatic nitrogens is 4. The van der Waals surface area contributed by atoms with Crippen LogP contribution >= 0.6 is 0 Å². The second-order valence-electron chi connectivity index (χ2n) is 10.4. The van der Waals surface area contributed by atoms with Crippen molar-refractivity contribution >= 4 is 22.8 Å². The van der Waals surface area contributed by atoms with Gasteiger partial charge in [-0.3, -0.25) is 13.9 Å². The fourth-order valence-corrected chi connectivity index (χ4v) is 5.20. The first-order chi connectivity index (χ1) is 19.5. The number of aryl methyl sites for hydroxylation is 2. The molecule has 1 aliphatic rings. The van der Waals surface area contributed by atoms with Crippen molar-refractivity contribution in [1.82, 2.24) is 24.5 Å². The van der Waals surface area contributed by atoms with Crippen molar-refractivity contribution in [3.05, 3.63) is 113 Å². The number of rotatable bonds is 6. The van der Waals surface area contributed by atoms with Crippen LogP contribution in [-0.4, -0.2) is 38.0 Å². The molecule has 0 aliphatic carbocycles. The molecule has 5 aromatic rings. The Morgan fingerprint density at radius 2 is 1.93 bits per heavy atom. The number of carbonyl (C=O) groups excluding carboxylic acids is 1. The van der Waals surface area contributed by atoms with Crippen LogP contribution in [0.3, 0.4) is 0 Å². The van der Waals surface area contributed by atoms with E-state index < -0.39 is 0 Å². The molecule has 2 aromatic carbocycles. The van der Waals surface area contributed by atoms with E-state index in [0.29, 0.717) is 18.0 Å². The number of anilines is 2. The Bertz CT molecular complexity index is 1750. The van der Waals surface area contributed by atoms with Crippen LogP contribution in [0.4, 0.5) is 11.4 Å². The molecular formula is C33H32N6O. The minimum atomic E-state index is 0.0858. The highest BCUT2D eigenvalue weighted by molar-refractivity contribution is 5.98. The Balaban J connectivity index is 1.22. The number of benzene rings is 2. The number of fused-ring (bicyclic) bond motifs is 1. The number of carbonyl (C=O) groups is 1. The van der Waals surface area contributed by atoms with E-state index in [1.807, 2.05) is 79.2 Å². The third-order valence-corrected chi connectivity index (χ3v) is 7.43. The molecule has 0 radical (unpaired) electrons. The van der Waals surface area contributed by atoms with Crippen LogP contribution in [0.5, 0.6) is 0 Å². The van der Waals surface area contributed by atoms with Crippen molar-refractivity contribution in [2.45, 2.75) is 39.2 Å². The van der Waals surface area contributed by atoms with E-state index >= 15 is 0 Å². The Morgan fingerprint density at radius 3 is 2.77 bits per heavy atom. The van der Waals surface area contributed by atoms with E-state index in [4.69, 9.17) is 0 Å². The van der Waals surface area contributed by atoms with Crippen molar-refractivity contribution in [3.63, 3.8) is 0 Å². The zero-order valence-electron chi connectivity index (χ0n) is 22.8. The summed E-state index contributed by atoms with van der Waals surface area (Å²) in [5, 5.41) is 11.5. The van der Waals surface area contributed by atoms with E-state index in [1.165, 1.54) is 0 Å². The van der Waals surface area contributed by atoms with Gasteiger partial charge in [-0.15, -0.1) is 0 Å². The molecule has 4 heterocycles. The van der Waals surface area contributed by atoms with Gasteiger partial charge in [0, 0.05) is 29.9 Å². The van der Waals surface area contributed by atoms with Crippen molar-refractivity contribution < 1.29 is 4.79 Å². The van der Waals surface area contributed by atoms with Gasteiger partial charge in [-0.2, -0.15) is 5.10 Å². The number of ketones is 1. The molecule has 0 amide bonds. The molecule has 6 rings (SSSR count). The largest absolute Gasteiger partial charge is 0.350 e. The fourth-order valence-electron chi connectivity index (χ4n) is 5.20. The van der Waals surface area contributed by atoms with Gasteiger partial charge in [0.2, 0.25) is 0 Å². The molecule has 200 valence electrons. The Kier molecular flexibility index (Phi) is 7.17. The number of hydrogen-bond donors (Lipinski definition) is 2. The van der Waals surface area contributed by atoms with E-state index in [2.05, 4.69) is 49.5 Å². The molecule has 1 fully saturated rings. The summed E-state index contributed by atoms with van der Waals surface area (Å²) in [7, 11) is 0. The summed E-state index contributed by atoms with van der Waals surface area (Å²) in [6.07, 6.45) is 10.2. The summed E-state index contributed by atoms with van der Waals surface area (Å²) in [5.41, 5.74) is 8.11. The smallest absolute Gasteiger partial charge is 0.167 e. The first kappa shape index (κ1) is 25.6. The van der Waals surface area contributed by atoms with E-state index in [9.17, 15) is 4.79 Å². The quantitative estimate of drug-likeness (QED) is 0.220. The molecule has 1 saturated heterocycles. The standard InChI is InChI=1S/C33H32N6O/c1-23-5-3-6-25(17-23)18-32(40)27-9-8-24(2)26(19-27)10-11-30-21-35-33-31(7-4-16-38(30)33)37-28-20-36-39(22-28)29-12-14-34-15-13-29/h3-9,16-17,19-22,29,34,37H,12-15,18H2,1-2H3. The van der Waals surface area contributed by atoms with Gasteiger partial charge < -0.3 is 10.6 Å². The van der Waals surface area contributed by atoms with Gasteiger partial charge in [0.1, 0.15) is 5.69 Å². The van der Waals surface area contributed by atoms with Crippen molar-refractivity contribution in [1.29, 1.82) is 0 Å². The lowest BCUT2D eigenvalue weighted by molar-refractivity contribution is 0.0993. The van der Waals surface area contributed by atoms with Crippen molar-refractivity contribution in [3.8, 4) is 11.8 Å². The Hall–Kier alpha value is -4.67. The highest BCUT2D eigenvalue weighted by atomic mass is 16.1. The average molecular weight is 529 g/mol. The van der Waals surface area contributed by atoms with Gasteiger partial charge in [-0.25, -0.2) is 4.98 Å². The number of Topliss-reactive ketones (excluding diaryl/α,β-unsaturated/α-hetero) is 1. The zero-order valence-corrected chi connectivity index (χ0v) is 22.8. The molecule has 0 unspecified atom stereocenters. The Labute approximate surface area is 234 Å². The van der Waals surface area contributed by atoms with Crippen LogP contribution in [0, 0.1) is 25.7 Å². The lowest BCUT2D eigenvalue weighted by Crippen LogP contribution is -2.29. The number of piperidine rings is 1.